The lowest BCUT2D eigenvalue weighted by Gasteiger charge is -2.24. The molecule has 1 heterocycles. The number of hydrogen-bond acceptors (Lipinski definition) is 3. The molecule has 3 N–H and O–H groups in total. The van der Waals surface area contributed by atoms with Gasteiger partial charge < -0.3 is 15.7 Å². The topological polar surface area (TPSA) is 81.7 Å². The Hall–Kier alpha value is -1.30. The first-order valence-electron chi connectivity index (χ1n) is 6.02. The Kier molecular flexibility index (Phi) is 5.21. The third kappa shape index (κ3) is 4.60. The summed E-state index contributed by atoms with van der Waals surface area (Å²) in [5.74, 6) is -1.03. The lowest BCUT2D eigenvalue weighted by atomic mass is 10.3. The Balaban J connectivity index is 2.20. The van der Waals surface area contributed by atoms with Gasteiger partial charge in [0, 0.05) is 12.6 Å². The van der Waals surface area contributed by atoms with Gasteiger partial charge in [-0.1, -0.05) is 0 Å². The molecule has 1 rings (SSSR count). The van der Waals surface area contributed by atoms with Crippen LogP contribution in [0.15, 0.2) is 0 Å². The van der Waals surface area contributed by atoms with Gasteiger partial charge in [-0.05, 0) is 39.8 Å². The maximum absolute atomic E-state index is 11.4. The highest BCUT2D eigenvalue weighted by Gasteiger charge is 2.19. The van der Waals surface area contributed by atoms with Crippen LogP contribution in [-0.4, -0.2) is 53.7 Å². The van der Waals surface area contributed by atoms with E-state index in [0.29, 0.717) is 12.6 Å². The van der Waals surface area contributed by atoms with Crippen LogP contribution in [-0.2, 0) is 4.79 Å². The second-order valence-corrected chi connectivity index (χ2v) is 4.51. The monoisotopic (exact) mass is 243 g/mol. The highest BCUT2D eigenvalue weighted by Crippen LogP contribution is 2.10. The van der Waals surface area contributed by atoms with E-state index in [1.807, 2.05) is 0 Å². The van der Waals surface area contributed by atoms with E-state index in [-0.39, 0.29) is 0 Å². The molecule has 0 radical (unpaired) electrons. The molecule has 0 saturated carbocycles. The van der Waals surface area contributed by atoms with Gasteiger partial charge in [-0.2, -0.15) is 0 Å². The van der Waals surface area contributed by atoms with E-state index in [1.165, 1.54) is 19.8 Å². The number of hydrogen-bond donors (Lipinski definition) is 3. The molecule has 0 bridgehead atoms. The first-order valence-corrected chi connectivity index (χ1v) is 6.02. The molecule has 2 amide bonds. The number of amides is 2. The Morgan fingerprint density at radius 1 is 1.29 bits per heavy atom. The summed E-state index contributed by atoms with van der Waals surface area (Å²) in [6.07, 6.45) is 2.43. The molecule has 0 aromatic rings. The van der Waals surface area contributed by atoms with Crippen LogP contribution in [0.1, 0.15) is 26.7 Å². The third-order valence-corrected chi connectivity index (χ3v) is 3.04. The first kappa shape index (κ1) is 13.8. The van der Waals surface area contributed by atoms with Crippen LogP contribution >= 0.6 is 0 Å². The van der Waals surface area contributed by atoms with Gasteiger partial charge in [0.2, 0.25) is 0 Å². The molecule has 98 valence electrons. The van der Waals surface area contributed by atoms with E-state index < -0.39 is 18.0 Å². The summed E-state index contributed by atoms with van der Waals surface area (Å²) in [6, 6.07) is -0.994. The van der Waals surface area contributed by atoms with Crippen molar-refractivity contribution in [3.8, 4) is 0 Å². The number of carbonyl (C=O) groups excluding carboxylic acids is 1. The molecule has 0 spiro atoms. The smallest absolute Gasteiger partial charge is 0.325 e. The highest BCUT2D eigenvalue weighted by atomic mass is 16.4. The zero-order chi connectivity index (χ0) is 12.8. The Labute approximate surface area is 101 Å². The van der Waals surface area contributed by atoms with Gasteiger partial charge in [-0.3, -0.25) is 9.69 Å². The summed E-state index contributed by atoms with van der Waals surface area (Å²) in [5.41, 5.74) is 0. The standard InChI is InChI=1S/C11H21N3O3/c1-8(14-5-3-4-6-14)7-12-11(17)13-9(2)10(15)16/h8-9H,3-7H2,1-2H3,(H,15,16)(H2,12,13,17). The van der Waals surface area contributed by atoms with Crippen LogP contribution < -0.4 is 10.6 Å². The molecule has 2 atom stereocenters. The zero-order valence-electron chi connectivity index (χ0n) is 10.4. The van der Waals surface area contributed by atoms with Crippen LogP contribution in [0.5, 0.6) is 0 Å². The fourth-order valence-electron chi connectivity index (χ4n) is 1.86. The van der Waals surface area contributed by atoms with Crippen molar-refractivity contribution in [2.75, 3.05) is 19.6 Å². The van der Waals surface area contributed by atoms with Crippen molar-refractivity contribution in [3.05, 3.63) is 0 Å². The van der Waals surface area contributed by atoms with Crippen molar-refractivity contribution in [3.63, 3.8) is 0 Å². The summed E-state index contributed by atoms with van der Waals surface area (Å²) in [4.78, 5) is 24.2. The average molecular weight is 243 g/mol. The number of rotatable bonds is 5. The lowest BCUT2D eigenvalue weighted by Crippen LogP contribution is -2.48. The minimum atomic E-state index is -1.03. The maximum atomic E-state index is 11.4. The predicted octanol–water partition coefficient (Wildman–Crippen LogP) is 0.243. The predicted molar refractivity (Wildman–Crippen MR) is 63.9 cm³/mol. The number of urea groups is 1. The molecule has 17 heavy (non-hydrogen) atoms. The van der Waals surface area contributed by atoms with Gasteiger partial charge in [-0.25, -0.2) is 4.79 Å². The van der Waals surface area contributed by atoms with Crippen LogP contribution in [0.3, 0.4) is 0 Å². The molecule has 1 saturated heterocycles. The summed E-state index contributed by atoms with van der Waals surface area (Å²) in [5, 5.41) is 13.7. The first-order chi connectivity index (χ1) is 8.00. The van der Waals surface area contributed by atoms with E-state index in [0.717, 1.165) is 13.1 Å². The van der Waals surface area contributed by atoms with Crippen molar-refractivity contribution in [2.45, 2.75) is 38.8 Å². The van der Waals surface area contributed by atoms with Gasteiger partial charge in [-0.15, -0.1) is 0 Å². The molecule has 0 aromatic heterocycles. The second-order valence-electron chi connectivity index (χ2n) is 4.51. The van der Waals surface area contributed by atoms with Gasteiger partial charge >= 0.3 is 12.0 Å². The minimum absolute atomic E-state index is 0.295. The van der Waals surface area contributed by atoms with E-state index >= 15 is 0 Å². The zero-order valence-corrected chi connectivity index (χ0v) is 10.4. The Morgan fingerprint density at radius 2 is 1.88 bits per heavy atom. The van der Waals surface area contributed by atoms with Gasteiger partial charge in [0.05, 0.1) is 0 Å². The molecular formula is C11H21N3O3. The van der Waals surface area contributed by atoms with E-state index in [9.17, 15) is 9.59 Å². The van der Waals surface area contributed by atoms with Gasteiger partial charge in [0.15, 0.2) is 0 Å². The maximum Gasteiger partial charge on any atom is 0.325 e. The van der Waals surface area contributed by atoms with Crippen molar-refractivity contribution in [1.29, 1.82) is 0 Å². The van der Waals surface area contributed by atoms with Crippen LogP contribution in [0, 0.1) is 0 Å². The van der Waals surface area contributed by atoms with E-state index in [2.05, 4.69) is 22.5 Å². The number of nitrogens with zero attached hydrogens (tertiary/aromatic N) is 1. The second kappa shape index (κ2) is 6.44. The van der Waals surface area contributed by atoms with E-state index in [1.54, 1.807) is 0 Å². The number of carboxylic acid groups (broad SMARTS) is 1. The average Bonchev–Trinajstić information content (AvgIpc) is 2.79. The number of carboxylic acids is 1. The fourth-order valence-corrected chi connectivity index (χ4v) is 1.86. The van der Waals surface area contributed by atoms with E-state index in [4.69, 9.17) is 5.11 Å². The van der Waals surface area contributed by atoms with Crippen LogP contribution in [0.4, 0.5) is 4.79 Å². The largest absolute Gasteiger partial charge is 0.480 e. The van der Waals surface area contributed by atoms with Crippen LogP contribution in [0.25, 0.3) is 0 Å². The van der Waals surface area contributed by atoms with Crippen LogP contribution in [0.2, 0.25) is 0 Å². The minimum Gasteiger partial charge on any atom is -0.480 e. The molecule has 1 aliphatic rings. The summed E-state index contributed by atoms with van der Waals surface area (Å²) >= 11 is 0. The molecule has 6 heteroatoms. The molecule has 0 aliphatic carbocycles. The Morgan fingerprint density at radius 3 is 2.41 bits per heavy atom. The molecular weight excluding hydrogens is 222 g/mol. The highest BCUT2D eigenvalue weighted by molar-refractivity contribution is 5.82. The number of likely N-dealkylation sites (tertiary alicyclic amines) is 1. The number of nitrogens with one attached hydrogen (secondary N) is 2. The van der Waals surface area contributed by atoms with Crippen molar-refractivity contribution in [1.82, 2.24) is 15.5 Å². The van der Waals surface area contributed by atoms with Crippen molar-refractivity contribution < 1.29 is 14.7 Å². The summed E-state index contributed by atoms with van der Waals surface area (Å²) < 4.78 is 0. The molecule has 1 aliphatic heterocycles. The molecule has 0 aromatic carbocycles. The molecule has 6 nitrogen and oxygen atoms in total. The molecule has 1 fully saturated rings. The van der Waals surface area contributed by atoms with Gasteiger partial charge in [0.1, 0.15) is 6.04 Å². The third-order valence-electron chi connectivity index (χ3n) is 3.04. The quantitative estimate of drug-likeness (QED) is 0.646. The lowest BCUT2D eigenvalue weighted by molar-refractivity contribution is -0.138. The Bertz CT molecular complexity index is 277. The summed E-state index contributed by atoms with van der Waals surface area (Å²) in [6.45, 7) is 6.20. The SMILES string of the molecule is CC(NC(=O)NCC(C)N1CCCC1)C(=O)O. The van der Waals surface area contributed by atoms with Gasteiger partial charge in [0.25, 0.3) is 0 Å². The normalized spacial score (nSPS) is 19.6. The fraction of sp³-hybridized carbons (Fsp3) is 0.818. The van der Waals surface area contributed by atoms with Crippen molar-refractivity contribution in [2.24, 2.45) is 0 Å². The molecule has 2 unspecified atom stereocenters. The summed E-state index contributed by atoms with van der Waals surface area (Å²) in [7, 11) is 0. The number of carbonyl (C=O) groups is 2. The number of aliphatic carboxylic acids is 1. The van der Waals surface area contributed by atoms with Crippen molar-refractivity contribution >= 4 is 12.0 Å².